The van der Waals surface area contributed by atoms with Crippen molar-refractivity contribution in [2.24, 2.45) is 5.73 Å². The fourth-order valence-electron chi connectivity index (χ4n) is 1.44. The second-order valence-electron chi connectivity index (χ2n) is 2.99. The zero-order valence-corrected chi connectivity index (χ0v) is 8.87. The molecule has 0 aliphatic rings. The average Bonchev–Trinajstić information content (AvgIpc) is 2.57. The molecule has 78 valence electrons. The molecule has 0 radical (unpaired) electrons. The number of nitrogens with zero attached hydrogens (tertiary/aromatic N) is 2. The van der Waals surface area contributed by atoms with Gasteiger partial charge in [-0.25, -0.2) is 9.38 Å². The Labute approximate surface area is 89.2 Å². The van der Waals surface area contributed by atoms with E-state index in [0.717, 1.165) is 4.88 Å². The van der Waals surface area contributed by atoms with Crippen LogP contribution in [0.15, 0.2) is 17.1 Å². The Morgan fingerprint density at radius 2 is 2.40 bits per heavy atom. The molecule has 2 N–H and O–H groups in total. The largest absolute Gasteiger partial charge is 0.364 e. The van der Waals surface area contributed by atoms with E-state index in [9.17, 15) is 9.59 Å². The number of amides is 1. The number of primary amides is 1. The van der Waals surface area contributed by atoms with Gasteiger partial charge in [0, 0.05) is 17.1 Å². The van der Waals surface area contributed by atoms with E-state index < -0.39 is 5.91 Å². The number of thiazole rings is 1. The number of aryl methyl sites for hydroxylation is 1. The smallest absolute Gasteiger partial charge is 0.267 e. The number of aromatic nitrogens is 2. The molecule has 15 heavy (non-hydrogen) atoms. The van der Waals surface area contributed by atoms with E-state index in [2.05, 4.69) is 4.98 Å². The standard InChI is InChI=1S/C9H9N3O2S/c1-2-5-7(8(10)14)12-6(13)3-4-11-9(12)15-5/h3-4H,2H2,1H3,(H2,10,14). The van der Waals surface area contributed by atoms with E-state index in [1.165, 1.54) is 28.0 Å². The van der Waals surface area contributed by atoms with Gasteiger partial charge in [-0.2, -0.15) is 0 Å². The molecule has 0 bridgehead atoms. The second kappa shape index (κ2) is 3.47. The van der Waals surface area contributed by atoms with Crippen molar-refractivity contribution in [3.05, 3.63) is 33.2 Å². The van der Waals surface area contributed by atoms with E-state index in [-0.39, 0.29) is 11.3 Å². The predicted octanol–water partition coefficient (Wildman–Crippen LogP) is 0.417. The molecular weight excluding hydrogens is 214 g/mol. The van der Waals surface area contributed by atoms with Gasteiger partial charge in [0.15, 0.2) is 4.96 Å². The monoisotopic (exact) mass is 223 g/mol. The zero-order chi connectivity index (χ0) is 11.0. The Hall–Kier alpha value is -1.69. The minimum absolute atomic E-state index is 0.260. The van der Waals surface area contributed by atoms with E-state index >= 15 is 0 Å². The van der Waals surface area contributed by atoms with Gasteiger partial charge in [0.25, 0.3) is 11.5 Å². The maximum Gasteiger partial charge on any atom is 0.267 e. The number of nitrogens with two attached hydrogens (primary N) is 1. The molecule has 0 spiro atoms. The summed E-state index contributed by atoms with van der Waals surface area (Å²) in [6, 6.07) is 1.31. The molecule has 1 amide bonds. The van der Waals surface area contributed by atoms with Crippen molar-refractivity contribution in [1.29, 1.82) is 0 Å². The molecule has 0 aliphatic heterocycles. The zero-order valence-electron chi connectivity index (χ0n) is 8.06. The van der Waals surface area contributed by atoms with Gasteiger partial charge in [0.2, 0.25) is 0 Å². The van der Waals surface area contributed by atoms with Crippen LogP contribution in [0.1, 0.15) is 22.3 Å². The summed E-state index contributed by atoms with van der Waals surface area (Å²) in [5.41, 5.74) is 5.24. The third kappa shape index (κ3) is 1.42. The summed E-state index contributed by atoms with van der Waals surface area (Å²) in [5, 5.41) is 0. The van der Waals surface area contributed by atoms with Crippen LogP contribution in [0.5, 0.6) is 0 Å². The Morgan fingerprint density at radius 3 is 3.00 bits per heavy atom. The Kier molecular flexibility index (Phi) is 2.28. The summed E-state index contributed by atoms with van der Waals surface area (Å²) in [5.74, 6) is -0.590. The van der Waals surface area contributed by atoms with Crippen LogP contribution in [0.3, 0.4) is 0 Å². The number of hydrogen-bond acceptors (Lipinski definition) is 4. The Morgan fingerprint density at radius 1 is 1.67 bits per heavy atom. The molecule has 5 nitrogen and oxygen atoms in total. The summed E-state index contributed by atoms with van der Waals surface area (Å²) in [6.45, 7) is 1.90. The lowest BCUT2D eigenvalue weighted by molar-refractivity contribution is 0.0993. The third-order valence-electron chi connectivity index (χ3n) is 2.07. The van der Waals surface area contributed by atoms with E-state index in [1.807, 2.05) is 6.92 Å². The van der Waals surface area contributed by atoms with Gasteiger partial charge in [-0.3, -0.25) is 9.59 Å². The molecule has 2 rings (SSSR count). The third-order valence-corrected chi connectivity index (χ3v) is 3.27. The van der Waals surface area contributed by atoms with Crippen molar-refractivity contribution >= 4 is 22.2 Å². The molecule has 2 aromatic heterocycles. The summed E-state index contributed by atoms with van der Waals surface area (Å²) >= 11 is 1.32. The SMILES string of the molecule is CCc1sc2nccc(=O)n2c1C(N)=O. The Bertz CT molecular complexity index is 585. The highest BCUT2D eigenvalue weighted by Crippen LogP contribution is 2.20. The first-order valence-corrected chi connectivity index (χ1v) is 5.26. The molecule has 0 fully saturated rings. The number of rotatable bonds is 2. The normalized spacial score (nSPS) is 10.7. The highest BCUT2D eigenvalue weighted by molar-refractivity contribution is 7.17. The summed E-state index contributed by atoms with van der Waals surface area (Å²) in [4.78, 5) is 28.1. The van der Waals surface area contributed by atoms with Crippen LogP contribution in [0.25, 0.3) is 4.96 Å². The molecule has 2 heterocycles. The lowest BCUT2D eigenvalue weighted by Crippen LogP contribution is -2.22. The minimum Gasteiger partial charge on any atom is -0.364 e. The second-order valence-corrected chi connectivity index (χ2v) is 4.05. The molecule has 0 aliphatic carbocycles. The van der Waals surface area contributed by atoms with Crippen LogP contribution in [0.2, 0.25) is 0 Å². The van der Waals surface area contributed by atoms with Crippen LogP contribution in [0.4, 0.5) is 0 Å². The number of carbonyl (C=O) groups excluding carboxylic acids is 1. The first kappa shape index (κ1) is 9.85. The highest BCUT2D eigenvalue weighted by Gasteiger charge is 2.16. The van der Waals surface area contributed by atoms with E-state index in [0.29, 0.717) is 11.4 Å². The van der Waals surface area contributed by atoms with Crippen LogP contribution >= 0.6 is 11.3 Å². The highest BCUT2D eigenvalue weighted by atomic mass is 32.1. The fourth-order valence-corrected chi connectivity index (χ4v) is 2.48. The van der Waals surface area contributed by atoms with Crippen molar-refractivity contribution in [2.45, 2.75) is 13.3 Å². The van der Waals surface area contributed by atoms with Gasteiger partial charge in [-0.1, -0.05) is 6.92 Å². The summed E-state index contributed by atoms with van der Waals surface area (Å²) in [7, 11) is 0. The Balaban J connectivity index is 2.95. The van der Waals surface area contributed by atoms with E-state index in [4.69, 9.17) is 5.73 Å². The first-order chi connectivity index (χ1) is 7.15. The number of fused-ring (bicyclic) bond motifs is 1. The van der Waals surface area contributed by atoms with Crippen LogP contribution < -0.4 is 11.3 Å². The summed E-state index contributed by atoms with van der Waals surface area (Å²) < 4.78 is 1.27. The number of carbonyl (C=O) groups is 1. The molecule has 2 aromatic rings. The molecular formula is C9H9N3O2S. The van der Waals surface area contributed by atoms with Gasteiger partial charge in [0.1, 0.15) is 5.69 Å². The van der Waals surface area contributed by atoms with Crippen molar-refractivity contribution in [2.75, 3.05) is 0 Å². The van der Waals surface area contributed by atoms with E-state index in [1.54, 1.807) is 0 Å². The maximum atomic E-state index is 11.6. The molecule has 0 saturated carbocycles. The van der Waals surface area contributed by atoms with Gasteiger partial charge in [-0.15, -0.1) is 11.3 Å². The predicted molar refractivity (Wildman–Crippen MR) is 57.2 cm³/mol. The van der Waals surface area contributed by atoms with Crippen molar-refractivity contribution in [3.8, 4) is 0 Å². The average molecular weight is 223 g/mol. The van der Waals surface area contributed by atoms with Crippen molar-refractivity contribution < 1.29 is 4.79 Å². The van der Waals surface area contributed by atoms with Crippen LogP contribution in [-0.4, -0.2) is 15.3 Å². The lowest BCUT2D eigenvalue weighted by Gasteiger charge is -1.96. The van der Waals surface area contributed by atoms with Crippen LogP contribution in [-0.2, 0) is 6.42 Å². The maximum absolute atomic E-state index is 11.6. The quantitative estimate of drug-likeness (QED) is 0.801. The van der Waals surface area contributed by atoms with Gasteiger partial charge >= 0.3 is 0 Å². The molecule has 6 heteroatoms. The molecule has 0 unspecified atom stereocenters. The fraction of sp³-hybridized carbons (Fsp3) is 0.222. The van der Waals surface area contributed by atoms with Crippen molar-refractivity contribution in [1.82, 2.24) is 9.38 Å². The topological polar surface area (TPSA) is 77.5 Å². The van der Waals surface area contributed by atoms with Gasteiger partial charge < -0.3 is 5.73 Å². The molecule has 0 atom stereocenters. The summed E-state index contributed by atoms with van der Waals surface area (Å²) in [6.07, 6.45) is 2.09. The first-order valence-electron chi connectivity index (χ1n) is 4.44. The number of hydrogen-bond donors (Lipinski definition) is 1. The lowest BCUT2D eigenvalue weighted by atomic mass is 10.3. The molecule has 0 saturated heterocycles. The van der Waals surface area contributed by atoms with Crippen molar-refractivity contribution in [3.63, 3.8) is 0 Å². The minimum atomic E-state index is -0.590. The van der Waals surface area contributed by atoms with Crippen LogP contribution in [0, 0.1) is 0 Å². The molecule has 0 aromatic carbocycles. The van der Waals surface area contributed by atoms with Gasteiger partial charge in [0.05, 0.1) is 0 Å². The van der Waals surface area contributed by atoms with Gasteiger partial charge in [-0.05, 0) is 6.42 Å².